The Morgan fingerprint density at radius 1 is 1.20 bits per heavy atom. The number of hydrogen-bond acceptors (Lipinski definition) is 5. The van der Waals surface area contributed by atoms with Crippen molar-refractivity contribution in [2.45, 2.75) is 13.8 Å². The van der Waals surface area contributed by atoms with Crippen LogP contribution in [0.5, 0.6) is 0 Å². The summed E-state index contributed by atoms with van der Waals surface area (Å²) >= 11 is 0. The van der Waals surface area contributed by atoms with Crippen molar-refractivity contribution in [3.63, 3.8) is 0 Å². The highest BCUT2D eigenvalue weighted by molar-refractivity contribution is 5.75. The second-order valence-electron chi connectivity index (χ2n) is 4.71. The van der Waals surface area contributed by atoms with Crippen molar-refractivity contribution in [2.24, 2.45) is 0 Å². The Bertz CT molecular complexity index is 750. The van der Waals surface area contributed by atoms with Gasteiger partial charge in [-0.3, -0.25) is 4.98 Å². The monoisotopic (exact) mass is 266 g/mol. The summed E-state index contributed by atoms with van der Waals surface area (Å²) in [6, 6.07) is 7.68. The molecule has 3 aromatic rings. The van der Waals surface area contributed by atoms with Crippen LogP contribution in [0.1, 0.15) is 11.1 Å². The van der Waals surface area contributed by atoms with E-state index >= 15 is 0 Å². The molecule has 2 N–H and O–H groups in total. The predicted molar refractivity (Wildman–Crippen MR) is 76.9 cm³/mol. The molecule has 3 rings (SSSR count). The number of aryl methyl sites for hydroxylation is 2. The summed E-state index contributed by atoms with van der Waals surface area (Å²) < 4.78 is 5.33. The average molecular weight is 266 g/mol. The van der Waals surface area contributed by atoms with Gasteiger partial charge in [0.2, 0.25) is 5.82 Å². The molecule has 0 aliphatic rings. The average Bonchev–Trinajstić information content (AvgIpc) is 2.93. The summed E-state index contributed by atoms with van der Waals surface area (Å²) in [7, 11) is 0. The minimum Gasteiger partial charge on any atom is -0.398 e. The number of anilines is 1. The lowest BCUT2D eigenvalue weighted by Crippen LogP contribution is -1.95. The zero-order valence-electron chi connectivity index (χ0n) is 11.3. The van der Waals surface area contributed by atoms with E-state index < -0.39 is 0 Å². The van der Waals surface area contributed by atoms with E-state index in [0.29, 0.717) is 17.4 Å². The highest BCUT2D eigenvalue weighted by Crippen LogP contribution is 2.29. The minimum absolute atomic E-state index is 0.424. The first kappa shape index (κ1) is 12.3. The molecule has 0 fully saturated rings. The summed E-state index contributed by atoms with van der Waals surface area (Å²) in [6.45, 7) is 3.97. The van der Waals surface area contributed by atoms with E-state index in [1.165, 1.54) is 0 Å². The minimum atomic E-state index is 0.424. The number of benzene rings is 1. The van der Waals surface area contributed by atoms with E-state index in [2.05, 4.69) is 15.1 Å². The van der Waals surface area contributed by atoms with Crippen LogP contribution in [0.25, 0.3) is 22.8 Å². The van der Waals surface area contributed by atoms with Crippen molar-refractivity contribution in [2.75, 3.05) is 5.73 Å². The number of nitrogens with zero attached hydrogens (tertiary/aromatic N) is 3. The third-order valence-electron chi connectivity index (χ3n) is 3.11. The number of rotatable bonds is 2. The Hall–Kier alpha value is -2.69. The van der Waals surface area contributed by atoms with Crippen molar-refractivity contribution >= 4 is 5.69 Å². The predicted octanol–water partition coefficient (Wildman–Crippen LogP) is 3.00. The van der Waals surface area contributed by atoms with Crippen molar-refractivity contribution in [3.8, 4) is 22.8 Å². The first-order chi connectivity index (χ1) is 9.65. The Morgan fingerprint density at radius 3 is 2.80 bits per heavy atom. The summed E-state index contributed by atoms with van der Waals surface area (Å²) in [4.78, 5) is 8.44. The standard InChI is InChI=1S/C15H14N4O/c1-9-6-10(2)13(16)12(7-9)15-18-14(19-20-15)11-4-3-5-17-8-11/h3-8H,16H2,1-2H3. The molecule has 1 aromatic carbocycles. The van der Waals surface area contributed by atoms with E-state index in [1.807, 2.05) is 38.1 Å². The molecule has 100 valence electrons. The van der Waals surface area contributed by atoms with Crippen LogP contribution in [0.4, 0.5) is 5.69 Å². The molecule has 0 saturated heterocycles. The molecular formula is C15H14N4O. The summed E-state index contributed by atoms with van der Waals surface area (Å²) in [5.41, 5.74) is 10.4. The van der Waals surface area contributed by atoms with Gasteiger partial charge in [-0.2, -0.15) is 4.98 Å². The molecular weight excluding hydrogens is 252 g/mol. The number of hydrogen-bond donors (Lipinski definition) is 1. The largest absolute Gasteiger partial charge is 0.398 e. The molecule has 0 saturated carbocycles. The van der Waals surface area contributed by atoms with E-state index in [4.69, 9.17) is 10.3 Å². The first-order valence-corrected chi connectivity index (χ1v) is 6.26. The fourth-order valence-corrected chi connectivity index (χ4v) is 2.10. The number of pyridine rings is 1. The molecule has 0 atom stereocenters. The highest BCUT2D eigenvalue weighted by atomic mass is 16.5. The van der Waals surface area contributed by atoms with Crippen LogP contribution in [0, 0.1) is 13.8 Å². The molecule has 0 radical (unpaired) electrons. The van der Waals surface area contributed by atoms with Gasteiger partial charge in [0.25, 0.3) is 5.89 Å². The van der Waals surface area contributed by atoms with E-state index in [0.717, 1.165) is 22.3 Å². The Morgan fingerprint density at radius 2 is 2.05 bits per heavy atom. The van der Waals surface area contributed by atoms with Gasteiger partial charge in [-0.15, -0.1) is 0 Å². The summed E-state index contributed by atoms with van der Waals surface area (Å²) in [6.07, 6.45) is 3.39. The van der Waals surface area contributed by atoms with Crippen molar-refractivity contribution in [1.29, 1.82) is 0 Å². The van der Waals surface area contributed by atoms with E-state index in [-0.39, 0.29) is 0 Å². The van der Waals surface area contributed by atoms with Gasteiger partial charge in [-0.05, 0) is 43.2 Å². The zero-order valence-corrected chi connectivity index (χ0v) is 11.3. The molecule has 0 amide bonds. The molecule has 5 nitrogen and oxygen atoms in total. The van der Waals surface area contributed by atoms with Gasteiger partial charge in [-0.1, -0.05) is 11.2 Å². The second-order valence-corrected chi connectivity index (χ2v) is 4.71. The highest BCUT2D eigenvalue weighted by Gasteiger charge is 2.14. The first-order valence-electron chi connectivity index (χ1n) is 6.26. The van der Waals surface area contributed by atoms with Gasteiger partial charge < -0.3 is 10.3 Å². The lowest BCUT2D eigenvalue weighted by atomic mass is 10.0. The molecule has 0 aliphatic carbocycles. The van der Waals surface area contributed by atoms with Crippen LogP contribution in [-0.2, 0) is 0 Å². The smallest absolute Gasteiger partial charge is 0.260 e. The normalized spacial score (nSPS) is 10.7. The molecule has 0 spiro atoms. The maximum absolute atomic E-state index is 6.09. The van der Waals surface area contributed by atoms with Crippen molar-refractivity contribution in [1.82, 2.24) is 15.1 Å². The Balaban J connectivity index is 2.07. The van der Waals surface area contributed by atoms with Gasteiger partial charge in [0.15, 0.2) is 0 Å². The van der Waals surface area contributed by atoms with Crippen LogP contribution >= 0.6 is 0 Å². The van der Waals surface area contributed by atoms with Gasteiger partial charge in [0, 0.05) is 23.6 Å². The third kappa shape index (κ3) is 2.14. The fourth-order valence-electron chi connectivity index (χ4n) is 2.10. The summed E-state index contributed by atoms with van der Waals surface area (Å²) in [5.74, 6) is 0.930. The molecule has 0 unspecified atom stereocenters. The second kappa shape index (κ2) is 4.77. The van der Waals surface area contributed by atoms with Crippen LogP contribution < -0.4 is 5.73 Å². The fraction of sp³-hybridized carbons (Fsp3) is 0.133. The van der Waals surface area contributed by atoms with Crippen LogP contribution in [-0.4, -0.2) is 15.1 Å². The number of nitrogen functional groups attached to an aromatic ring is 1. The Labute approximate surface area is 116 Å². The lowest BCUT2D eigenvalue weighted by molar-refractivity contribution is 0.432. The van der Waals surface area contributed by atoms with E-state index in [9.17, 15) is 0 Å². The molecule has 2 aromatic heterocycles. The molecule has 5 heteroatoms. The number of aromatic nitrogens is 3. The number of nitrogens with two attached hydrogens (primary N) is 1. The van der Waals surface area contributed by atoms with Crippen molar-refractivity contribution < 1.29 is 4.52 Å². The van der Waals surface area contributed by atoms with Gasteiger partial charge >= 0.3 is 0 Å². The van der Waals surface area contributed by atoms with Crippen LogP contribution in [0.15, 0.2) is 41.2 Å². The van der Waals surface area contributed by atoms with E-state index in [1.54, 1.807) is 12.4 Å². The van der Waals surface area contributed by atoms with Crippen molar-refractivity contribution in [3.05, 3.63) is 47.8 Å². The molecule has 0 bridgehead atoms. The van der Waals surface area contributed by atoms with Gasteiger partial charge in [-0.25, -0.2) is 0 Å². The Kier molecular flexibility index (Phi) is 2.95. The third-order valence-corrected chi connectivity index (χ3v) is 3.11. The zero-order chi connectivity index (χ0) is 14.1. The lowest BCUT2D eigenvalue weighted by Gasteiger charge is -2.06. The molecule has 20 heavy (non-hydrogen) atoms. The van der Waals surface area contributed by atoms with Crippen LogP contribution in [0.2, 0.25) is 0 Å². The maximum Gasteiger partial charge on any atom is 0.260 e. The molecule has 0 aliphatic heterocycles. The SMILES string of the molecule is Cc1cc(C)c(N)c(-c2nc(-c3cccnc3)no2)c1. The topological polar surface area (TPSA) is 77.8 Å². The van der Waals surface area contributed by atoms with Gasteiger partial charge in [0.05, 0.1) is 5.56 Å². The molecule has 2 heterocycles. The van der Waals surface area contributed by atoms with Gasteiger partial charge in [0.1, 0.15) is 0 Å². The van der Waals surface area contributed by atoms with Crippen LogP contribution in [0.3, 0.4) is 0 Å². The summed E-state index contributed by atoms with van der Waals surface area (Å²) in [5, 5.41) is 3.98. The quantitative estimate of drug-likeness (QED) is 0.721. The maximum atomic E-state index is 6.09.